The van der Waals surface area contributed by atoms with E-state index in [0.717, 1.165) is 19.6 Å². The quantitative estimate of drug-likeness (QED) is 0.786. The van der Waals surface area contributed by atoms with Gasteiger partial charge in [-0.3, -0.25) is 4.98 Å². The average molecular weight is 205 g/mol. The first-order valence-corrected chi connectivity index (χ1v) is 5.52. The molecule has 3 nitrogen and oxygen atoms in total. The zero-order chi connectivity index (χ0) is 10.7. The zero-order valence-corrected chi connectivity index (χ0v) is 9.32. The summed E-state index contributed by atoms with van der Waals surface area (Å²) in [4.78, 5) is 6.46. The Hall–Kier alpha value is -0.930. The fraction of sp³-hybridized carbons (Fsp3) is 0.583. The molecule has 82 valence electrons. The molecule has 1 aromatic rings. The van der Waals surface area contributed by atoms with Crippen LogP contribution >= 0.6 is 0 Å². The van der Waals surface area contributed by atoms with Gasteiger partial charge < -0.3 is 10.6 Å². The molecule has 1 heterocycles. The smallest absolute Gasteiger partial charge is 0.0312 e. The molecular formula is C12H19N3. The molecule has 15 heavy (non-hydrogen) atoms. The molecule has 1 fully saturated rings. The third-order valence-electron chi connectivity index (χ3n) is 3.17. The molecule has 0 spiro atoms. The van der Waals surface area contributed by atoms with E-state index in [0.29, 0.717) is 5.41 Å². The summed E-state index contributed by atoms with van der Waals surface area (Å²) in [5.41, 5.74) is 7.47. The number of aromatic nitrogens is 1. The monoisotopic (exact) mass is 205 g/mol. The predicted molar refractivity (Wildman–Crippen MR) is 61.3 cm³/mol. The number of nitrogens with zero attached hydrogens (tertiary/aromatic N) is 2. The van der Waals surface area contributed by atoms with Gasteiger partial charge in [0.15, 0.2) is 0 Å². The lowest BCUT2D eigenvalue weighted by atomic mass is 10.1. The Morgan fingerprint density at radius 1 is 1.53 bits per heavy atom. The maximum atomic E-state index is 5.77. The fourth-order valence-corrected chi connectivity index (χ4v) is 2.04. The molecular weight excluding hydrogens is 186 g/mol. The van der Waals surface area contributed by atoms with Gasteiger partial charge in [-0.25, -0.2) is 0 Å². The van der Waals surface area contributed by atoms with E-state index in [9.17, 15) is 0 Å². The van der Waals surface area contributed by atoms with E-state index in [4.69, 9.17) is 5.73 Å². The summed E-state index contributed by atoms with van der Waals surface area (Å²) in [6, 6.07) is 4.10. The molecule has 0 atom stereocenters. The molecule has 0 radical (unpaired) electrons. The van der Waals surface area contributed by atoms with Crippen molar-refractivity contribution < 1.29 is 0 Å². The number of hydrogen-bond acceptors (Lipinski definition) is 3. The highest BCUT2D eigenvalue weighted by Crippen LogP contribution is 2.44. The third kappa shape index (κ3) is 2.76. The maximum absolute atomic E-state index is 5.77. The normalized spacial score (nSPS) is 18.1. The van der Waals surface area contributed by atoms with Gasteiger partial charge in [-0.1, -0.05) is 6.07 Å². The van der Waals surface area contributed by atoms with Crippen molar-refractivity contribution in [1.82, 2.24) is 9.88 Å². The van der Waals surface area contributed by atoms with Crippen LogP contribution in [-0.2, 0) is 6.54 Å². The lowest BCUT2D eigenvalue weighted by Gasteiger charge is -2.22. The minimum Gasteiger partial charge on any atom is -0.330 e. The molecule has 2 rings (SSSR count). The van der Waals surface area contributed by atoms with Crippen molar-refractivity contribution in [1.29, 1.82) is 0 Å². The fourth-order valence-electron chi connectivity index (χ4n) is 2.04. The Morgan fingerprint density at radius 2 is 2.33 bits per heavy atom. The van der Waals surface area contributed by atoms with Gasteiger partial charge in [0.2, 0.25) is 0 Å². The second-order valence-corrected chi connectivity index (χ2v) is 4.74. The van der Waals surface area contributed by atoms with Crippen LogP contribution in [0.2, 0.25) is 0 Å². The topological polar surface area (TPSA) is 42.2 Å². The van der Waals surface area contributed by atoms with Gasteiger partial charge in [-0.15, -0.1) is 0 Å². The van der Waals surface area contributed by atoms with Gasteiger partial charge in [-0.05, 0) is 43.5 Å². The Bertz CT molecular complexity index is 306. The van der Waals surface area contributed by atoms with E-state index in [1.807, 2.05) is 18.5 Å². The van der Waals surface area contributed by atoms with Crippen molar-refractivity contribution >= 4 is 0 Å². The van der Waals surface area contributed by atoms with E-state index >= 15 is 0 Å². The summed E-state index contributed by atoms with van der Waals surface area (Å²) in [5.74, 6) is 0. The molecule has 1 aliphatic carbocycles. The summed E-state index contributed by atoms with van der Waals surface area (Å²) in [5, 5.41) is 0. The van der Waals surface area contributed by atoms with E-state index in [2.05, 4.69) is 23.0 Å². The second kappa shape index (κ2) is 4.29. The van der Waals surface area contributed by atoms with Crippen molar-refractivity contribution in [3.63, 3.8) is 0 Å². The van der Waals surface area contributed by atoms with E-state index in [1.54, 1.807) is 0 Å². The molecule has 1 aromatic heterocycles. The minimum absolute atomic E-state index is 0.428. The number of nitrogens with two attached hydrogens (primary N) is 1. The largest absolute Gasteiger partial charge is 0.330 e. The highest BCUT2D eigenvalue weighted by Gasteiger charge is 2.41. The maximum Gasteiger partial charge on any atom is 0.0312 e. The molecule has 3 heteroatoms. The van der Waals surface area contributed by atoms with Crippen molar-refractivity contribution in [3.8, 4) is 0 Å². The molecule has 0 bridgehead atoms. The van der Waals surface area contributed by atoms with E-state index in [-0.39, 0.29) is 0 Å². The lowest BCUT2D eigenvalue weighted by Crippen LogP contribution is -2.31. The van der Waals surface area contributed by atoms with Gasteiger partial charge in [0.1, 0.15) is 0 Å². The SMILES string of the molecule is CN(Cc1cccnc1)CC1(CN)CC1. The standard InChI is InChI=1S/C12H19N3/c1-15(10-12(9-13)4-5-12)8-11-3-2-6-14-7-11/h2-3,6-7H,4-5,8-10,13H2,1H3. The Kier molecular flexibility index (Phi) is 3.03. The van der Waals surface area contributed by atoms with Crippen LogP contribution in [0.5, 0.6) is 0 Å². The van der Waals surface area contributed by atoms with Gasteiger partial charge in [-0.2, -0.15) is 0 Å². The Morgan fingerprint density at radius 3 is 2.87 bits per heavy atom. The van der Waals surface area contributed by atoms with Crippen LogP contribution in [0.1, 0.15) is 18.4 Å². The van der Waals surface area contributed by atoms with Crippen LogP contribution in [0.3, 0.4) is 0 Å². The first-order valence-electron chi connectivity index (χ1n) is 5.52. The van der Waals surface area contributed by atoms with Crippen molar-refractivity contribution in [2.75, 3.05) is 20.1 Å². The van der Waals surface area contributed by atoms with Crippen LogP contribution < -0.4 is 5.73 Å². The number of pyridine rings is 1. The number of hydrogen-bond donors (Lipinski definition) is 1. The third-order valence-corrected chi connectivity index (χ3v) is 3.17. The van der Waals surface area contributed by atoms with Gasteiger partial charge in [0.05, 0.1) is 0 Å². The van der Waals surface area contributed by atoms with Gasteiger partial charge in [0.25, 0.3) is 0 Å². The first-order chi connectivity index (χ1) is 7.24. The van der Waals surface area contributed by atoms with E-state index in [1.165, 1.54) is 18.4 Å². The Labute approximate surface area is 91.3 Å². The highest BCUT2D eigenvalue weighted by molar-refractivity contribution is 5.08. The Balaban J connectivity index is 1.85. The van der Waals surface area contributed by atoms with Crippen LogP contribution in [0.4, 0.5) is 0 Å². The molecule has 0 aromatic carbocycles. The highest BCUT2D eigenvalue weighted by atomic mass is 15.1. The summed E-state index contributed by atoms with van der Waals surface area (Å²) in [7, 11) is 2.16. The first kappa shape index (κ1) is 10.6. The van der Waals surface area contributed by atoms with Crippen molar-refractivity contribution in [3.05, 3.63) is 30.1 Å². The van der Waals surface area contributed by atoms with E-state index < -0.39 is 0 Å². The summed E-state index contributed by atoms with van der Waals surface area (Å²) < 4.78 is 0. The summed E-state index contributed by atoms with van der Waals surface area (Å²) in [6.45, 7) is 2.90. The molecule has 0 aliphatic heterocycles. The van der Waals surface area contributed by atoms with Gasteiger partial charge in [0, 0.05) is 25.5 Å². The second-order valence-electron chi connectivity index (χ2n) is 4.74. The number of rotatable bonds is 5. The van der Waals surface area contributed by atoms with Crippen LogP contribution in [0.15, 0.2) is 24.5 Å². The summed E-state index contributed by atoms with van der Waals surface area (Å²) >= 11 is 0. The van der Waals surface area contributed by atoms with Crippen LogP contribution in [0.25, 0.3) is 0 Å². The minimum atomic E-state index is 0.428. The molecule has 0 unspecified atom stereocenters. The molecule has 1 saturated carbocycles. The van der Waals surface area contributed by atoms with Crippen molar-refractivity contribution in [2.45, 2.75) is 19.4 Å². The van der Waals surface area contributed by atoms with Gasteiger partial charge >= 0.3 is 0 Å². The molecule has 1 aliphatic rings. The average Bonchev–Trinajstić information content (AvgIpc) is 3.00. The van der Waals surface area contributed by atoms with Crippen LogP contribution in [0, 0.1) is 5.41 Å². The van der Waals surface area contributed by atoms with Crippen molar-refractivity contribution in [2.24, 2.45) is 11.1 Å². The predicted octanol–water partition coefficient (Wildman–Crippen LogP) is 1.25. The lowest BCUT2D eigenvalue weighted by molar-refractivity contribution is 0.259. The molecule has 0 saturated heterocycles. The molecule has 2 N–H and O–H groups in total. The summed E-state index contributed by atoms with van der Waals surface area (Å²) in [6.07, 6.45) is 6.33. The molecule has 0 amide bonds. The zero-order valence-electron chi connectivity index (χ0n) is 9.32. The van der Waals surface area contributed by atoms with Crippen LogP contribution in [-0.4, -0.2) is 30.0 Å².